The van der Waals surface area contributed by atoms with Crippen molar-refractivity contribution >= 4 is 17.7 Å². The van der Waals surface area contributed by atoms with Crippen molar-refractivity contribution < 1.29 is 9.53 Å². The van der Waals surface area contributed by atoms with E-state index in [1.54, 1.807) is 0 Å². The van der Waals surface area contributed by atoms with E-state index in [9.17, 15) is 4.79 Å². The maximum absolute atomic E-state index is 12.0. The topological polar surface area (TPSA) is 52.1 Å². The van der Waals surface area contributed by atoms with Gasteiger partial charge in [0.1, 0.15) is 5.03 Å². The van der Waals surface area contributed by atoms with Crippen LogP contribution in [0.25, 0.3) is 0 Å². The summed E-state index contributed by atoms with van der Waals surface area (Å²) in [5.74, 6) is -0.145. The van der Waals surface area contributed by atoms with E-state index in [2.05, 4.69) is 9.97 Å². The molecule has 1 aromatic rings. The van der Waals surface area contributed by atoms with Gasteiger partial charge in [0.25, 0.3) is 0 Å². The third-order valence-electron chi connectivity index (χ3n) is 3.15. The van der Waals surface area contributed by atoms with Crippen molar-refractivity contribution in [2.75, 3.05) is 6.26 Å². The fourth-order valence-electron chi connectivity index (χ4n) is 2.18. The Morgan fingerprint density at radius 2 is 2.06 bits per heavy atom. The third kappa shape index (κ3) is 3.45. The highest BCUT2D eigenvalue weighted by molar-refractivity contribution is 7.98. The van der Waals surface area contributed by atoms with E-state index in [4.69, 9.17) is 4.74 Å². The zero-order chi connectivity index (χ0) is 13.0. The van der Waals surface area contributed by atoms with Gasteiger partial charge in [-0.15, -0.1) is 11.8 Å². The van der Waals surface area contributed by atoms with Crippen LogP contribution in [0.5, 0.6) is 6.01 Å². The van der Waals surface area contributed by atoms with E-state index in [0.717, 1.165) is 36.4 Å². The second-order valence-electron chi connectivity index (χ2n) is 4.59. The zero-order valence-electron chi connectivity index (χ0n) is 10.8. The molecule has 1 heterocycles. The van der Waals surface area contributed by atoms with E-state index in [1.165, 1.54) is 18.2 Å². The Balaban J connectivity index is 2.03. The summed E-state index contributed by atoms with van der Waals surface area (Å²) in [5, 5.41) is 0.828. The minimum absolute atomic E-state index is 0.0283. The number of thioether (sulfide) groups is 1. The summed E-state index contributed by atoms with van der Waals surface area (Å²) in [5.41, 5.74) is 0.820. The summed E-state index contributed by atoms with van der Waals surface area (Å²) in [6, 6.07) is 2.07. The Labute approximate surface area is 112 Å². The lowest BCUT2D eigenvalue weighted by Gasteiger charge is -2.19. The molecular weight excluding hydrogens is 248 g/mol. The lowest BCUT2D eigenvalue weighted by molar-refractivity contribution is -0.140. The van der Waals surface area contributed by atoms with Gasteiger partial charge in [0.05, 0.1) is 5.92 Å². The highest BCUT2D eigenvalue weighted by Crippen LogP contribution is 2.25. The molecule has 1 aromatic heterocycles. The van der Waals surface area contributed by atoms with Crippen molar-refractivity contribution in [3.8, 4) is 6.01 Å². The molecule has 4 nitrogen and oxygen atoms in total. The van der Waals surface area contributed by atoms with Crippen LogP contribution in [0.1, 0.15) is 37.8 Å². The number of esters is 1. The first kappa shape index (κ1) is 13.3. The minimum atomic E-state index is -0.174. The molecule has 0 saturated heterocycles. The van der Waals surface area contributed by atoms with Gasteiger partial charge in [-0.25, -0.2) is 4.98 Å². The minimum Gasteiger partial charge on any atom is -0.391 e. The van der Waals surface area contributed by atoms with Gasteiger partial charge < -0.3 is 4.74 Å². The van der Waals surface area contributed by atoms with Crippen molar-refractivity contribution in [1.82, 2.24) is 9.97 Å². The lowest BCUT2D eigenvalue weighted by Crippen LogP contribution is -2.23. The maximum atomic E-state index is 12.0. The summed E-state index contributed by atoms with van der Waals surface area (Å²) < 4.78 is 5.30. The predicted octanol–water partition coefficient (Wildman–Crippen LogP) is 2.99. The zero-order valence-corrected chi connectivity index (χ0v) is 11.6. The highest BCUT2D eigenvalue weighted by Gasteiger charge is 2.23. The SMILES string of the molecule is CSc1cc(C)nc(OC(=O)C2CCCCC2)n1. The Kier molecular flexibility index (Phi) is 4.58. The Bertz CT molecular complexity index is 431. The van der Waals surface area contributed by atoms with Crippen LogP contribution in [0.2, 0.25) is 0 Å². The quantitative estimate of drug-likeness (QED) is 0.478. The molecule has 18 heavy (non-hydrogen) atoms. The first-order chi connectivity index (χ1) is 8.69. The smallest absolute Gasteiger partial charge is 0.325 e. The maximum Gasteiger partial charge on any atom is 0.325 e. The van der Waals surface area contributed by atoms with Crippen LogP contribution in [-0.2, 0) is 4.79 Å². The van der Waals surface area contributed by atoms with Gasteiger partial charge in [-0.1, -0.05) is 19.3 Å². The number of carbonyl (C=O) groups is 1. The van der Waals surface area contributed by atoms with E-state index in [0.29, 0.717) is 0 Å². The van der Waals surface area contributed by atoms with Crippen molar-refractivity contribution in [2.24, 2.45) is 5.92 Å². The molecule has 0 atom stereocenters. The first-order valence-electron chi connectivity index (χ1n) is 6.30. The van der Waals surface area contributed by atoms with Crippen molar-refractivity contribution in [1.29, 1.82) is 0 Å². The van der Waals surface area contributed by atoms with Gasteiger partial charge >= 0.3 is 12.0 Å². The summed E-state index contributed by atoms with van der Waals surface area (Å²) in [7, 11) is 0. The molecule has 1 saturated carbocycles. The molecule has 0 N–H and O–H groups in total. The van der Waals surface area contributed by atoms with Crippen LogP contribution in [0, 0.1) is 12.8 Å². The molecule has 5 heteroatoms. The van der Waals surface area contributed by atoms with Crippen LogP contribution in [0.3, 0.4) is 0 Å². The van der Waals surface area contributed by atoms with Crippen LogP contribution in [0.4, 0.5) is 0 Å². The number of hydrogen-bond donors (Lipinski definition) is 0. The monoisotopic (exact) mass is 266 g/mol. The molecule has 1 aliphatic carbocycles. The largest absolute Gasteiger partial charge is 0.391 e. The van der Waals surface area contributed by atoms with Crippen LogP contribution < -0.4 is 4.74 Å². The molecule has 1 fully saturated rings. The molecule has 0 aromatic carbocycles. The van der Waals surface area contributed by atoms with Gasteiger partial charge in [0.2, 0.25) is 0 Å². The first-order valence-corrected chi connectivity index (χ1v) is 7.53. The lowest BCUT2D eigenvalue weighted by atomic mass is 9.89. The fraction of sp³-hybridized carbons (Fsp3) is 0.615. The van der Waals surface area contributed by atoms with Crippen molar-refractivity contribution in [2.45, 2.75) is 44.1 Å². The second kappa shape index (κ2) is 6.18. The summed E-state index contributed by atoms with van der Waals surface area (Å²) in [4.78, 5) is 20.3. The normalized spacial score (nSPS) is 16.6. The van der Waals surface area contributed by atoms with Gasteiger partial charge in [-0.05, 0) is 32.1 Å². The van der Waals surface area contributed by atoms with Gasteiger partial charge in [-0.2, -0.15) is 4.98 Å². The Morgan fingerprint density at radius 1 is 1.33 bits per heavy atom. The number of ether oxygens (including phenoxy) is 1. The molecule has 0 unspecified atom stereocenters. The van der Waals surface area contributed by atoms with Crippen LogP contribution >= 0.6 is 11.8 Å². The molecule has 0 aliphatic heterocycles. The molecule has 0 radical (unpaired) electrons. The molecule has 98 valence electrons. The Morgan fingerprint density at radius 3 is 2.72 bits per heavy atom. The van der Waals surface area contributed by atoms with E-state index in [-0.39, 0.29) is 17.9 Å². The average molecular weight is 266 g/mol. The summed E-state index contributed by atoms with van der Waals surface area (Å²) >= 11 is 1.52. The number of aromatic nitrogens is 2. The van der Waals surface area contributed by atoms with Crippen LogP contribution in [-0.4, -0.2) is 22.2 Å². The van der Waals surface area contributed by atoms with Crippen molar-refractivity contribution in [3.05, 3.63) is 11.8 Å². The number of aryl methyl sites for hydroxylation is 1. The van der Waals surface area contributed by atoms with Crippen LogP contribution in [0.15, 0.2) is 11.1 Å². The molecule has 0 amide bonds. The molecule has 2 rings (SSSR count). The van der Waals surface area contributed by atoms with Crippen molar-refractivity contribution in [3.63, 3.8) is 0 Å². The standard InChI is InChI=1S/C13H18N2O2S/c1-9-8-11(18-2)15-13(14-9)17-12(16)10-6-4-3-5-7-10/h8,10H,3-7H2,1-2H3. The van der Waals surface area contributed by atoms with Gasteiger partial charge in [0, 0.05) is 5.69 Å². The fourth-order valence-corrected chi connectivity index (χ4v) is 2.63. The average Bonchev–Trinajstić information content (AvgIpc) is 2.39. The third-order valence-corrected chi connectivity index (χ3v) is 3.78. The molecule has 0 spiro atoms. The number of nitrogens with zero attached hydrogens (tertiary/aromatic N) is 2. The number of hydrogen-bond acceptors (Lipinski definition) is 5. The Hall–Kier alpha value is -1.10. The number of rotatable bonds is 3. The molecule has 1 aliphatic rings. The van der Waals surface area contributed by atoms with Gasteiger partial charge in [-0.3, -0.25) is 4.79 Å². The number of carbonyl (C=O) groups excluding carboxylic acids is 1. The van der Waals surface area contributed by atoms with E-state index in [1.807, 2.05) is 19.2 Å². The highest BCUT2D eigenvalue weighted by atomic mass is 32.2. The summed E-state index contributed by atoms with van der Waals surface area (Å²) in [6.07, 6.45) is 7.25. The molecular formula is C13H18N2O2S. The van der Waals surface area contributed by atoms with Gasteiger partial charge in [0.15, 0.2) is 0 Å². The molecule has 0 bridgehead atoms. The second-order valence-corrected chi connectivity index (χ2v) is 5.42. The van der Waals surface area contributed by atoms with E-state index < -0.39 is 0 Å². The predicted molar refractivity (Wildman–Crippen MR) is 70.8 cm³/mol. The van der Waals surface area contributed by atoms with E-state index >= 15 is 0 Å². The summed E-state index contributed by atoms with van der Waals surface area (Å²) in [6.45, 7) is 1.87.